The molecule has 36 heavy (non-hydrogen) atoms. The van der Waals surface area contributed by atoms with Crippen LogP contribution in [0.4, 0.5) is 0 Å². The minimum atomic E-state index is -1.95. The standard InChI is InChI=1S/C32H44OPSi.HI/c1-6-8-12-26-32(27-28(19-7-2)33-35(3,4)5)34(29-20-13-9-14-21-29,30-22-15-10-16-23-30)31-24-17-11-18-25-31;/h7,9-11,13-18,20-25,28,32H,2,6,8,12,19,26-27H2,1,3-5H3;1H/q+1;/p-1. The van der Waals surface area contributed by atoms with Crippen molar-refractivity contribution in [1.82, 2.24) is 0 Å². The van der Waals surface area contributed by atoms with E-state index in [4.69, 9.17) is 4.43 Å². The van der Waals surface area contributed by atoms with Crippen LogP contribution in [0, 0.1) is 0 Å². The van der Waals surface area contributed by atoms with Crippen molar-refractivity contribution in [1.29, 1.82) is 0 Å². The van der Waals surface area contributed by atoms with Gasteiger partial charge in [-0.2, -0.15) is 0 Å². The fourth-order valence-electron chi connectivity index (χ4n) is 5.35. The van der Waals surface area contributed by atoms with E-state index < -0.39 is 15.6 Å². The zero-order valence-electron chi connectivity index (χ0n) is 22.6. The highest BCUT2D eigenvalue weighted by molar-refractivity contribution is 7.96. The quantitative estimate of drug-likeness (QED) is 0.0791. The van der Waals surface area contributed by atoms with Gasteiger partial charge in [-0.1, -0.05) is 80.4 Å². The molecule has 0 saturated heterocycles. The number of hydrogen-bond donors (Lipinski definition) is 0. The zero-order chi connectivity index (χ0) is 25.2. The smallest absolute Gasteiger partial charge is 0.184 e. The average molecular weight is 631 g/mol. The van der Waals surface area contributed by atoms with Crippen LogP contribution in [0.25, 0.3) is 0 Å². The number of benzene rings is 3. The molecule has 0 heterocycles. The van der Waals surface area contributed by atoms with Crippen LogP contribution < -0.4 is 39.9 Å². The van der Waals surface area contributed by atoms with Crippen LogP contribution in [-0.4, -0.2) is 20.1 Å². The van der Waals surface area contributed by atoms with Crippen LogP contribution >= 0.6 is 7.26 Å². The lowest BCUT2D eigenvalue weighted by Gasteiger charge is -2.37. The summed E-state index contributed by atoms with van der Waals surface area (Å²) >= 11 is 0. The van der Waals surface area contributed by atoms with Gasteiger partial charge in [0.15, 0.2) is 8.32 Å². The van der Waals surface area contributed by atoms with Crippen molar-refractivity contribution >= 4 is 31.5 Å². The van der Waals surface area contributed by atoms with Gasteiger partial charge in [-0.25, -0.2) is 0 Å². The molecule has 0 fully saturated rings. The Balaban J connectivity index is 0.00000456. The molecule has 3 aromatic rings. The summed E-state index contributed by atoms with van der Waals surface area (Å²) in [5.41, 5.74) is 0.502. The van der Waals surface area contributed by atoms with Gasteiger partial charge in [0, 0.05) is 6.42 Å². The Morgan fingerprint density at radius 3 is 1.58 bits per heavy atom. The van der Waals surface area contributed by atoms with E-state index in [0.717, 1.165) is 12.8 Å². The molecule has 2 unspecified atom stereocenters. The first-order chi connectivity index (χ1) is 16.9. The highest BCUT2D eigenvalue weighted by Gasteiger charge is 2.52. The van der Waals surface area contributed by atoms with Gasteiger partial charge in [0.25, 0.3) is 0 Å². The van der Waals surface area contributed by atoms with Crippen molar-refractivity contribution < 1.29 is 28.4 Å². The monoisotopic (exact) mass is 630 g/mol. The second-order valence-corrected chi connectivity index (χ2v) is 18.7. The Hall–Kier alpha value is -1.26. The van der Waals surface area contributed by atoms with E-state index in [1.807, 2.05) is 0 Å². The second-order valence-electron chi connectivity index (χ2n) is 10.5. The van der Waals surface area contributed by atoms with Gasteiger partial charge in [-0.3, -0.25) is 0 Å². The minimum Gasteiger partial charge on any atom is -1.00 e. The summed E-state index contributed by atoms with van der Waals surface area (Å²) in [4.78, 5) is 0. The van der Waals surface area contributed by atoms with Crippen LogP contribution in [0.5, 0.6) is 0 Å². The molecule has 0 radical (unpaired) electrons. The van der Waals surface area contributed by atoms with Crippen molar-refractivity contribution in [3.8, 4) is 0 Å². The number of halogens is 1. The maximum Gasteiger partial charge on any atom is 0.184 e. The summed E-state index contributed by atoms with van der Waals surface area (Å²) in [6, 6.07) is 34.0. The molecule has 0 saturated carbocycles. The van der Waals surface area contributed by atoms with Crippen LogP contribution in [-0.2, 0) is 4.43 Å². The highest BCUT2D eigenvalue weighted by atomic mass is 127. The van der Waals surface area contributed by atoms with E-state index in [-0.39, 0.29) is 30.1 Å². The first-order valence-electron chi connectivity index (χ1n) is 13.3. The summed E-state index contributed by atoms with van der Waals surface area (Å²) in [6.07, 6.45) is 9.21. The molecule has 194 valence electrons. The zero-order valence-corrected chi connectivity index (χ0v) is 26.6. The fourth-order valence-corrected chi connectivity index (χ4v) is 11.8. The minimum absolute atomic E-state index is 0. The molecule has 2 atom stereocenters. The van der Waals surface area contributed by atoms with E-state index in [1.54, 1.807) is 0 Å². The van der Waals surface area contributed by atoms with Gasteiger partial charge in [0.2, 0.25) is 0 Å². The molecule has 0 aliphatic rings. The fraction of sp³-hybridized carbons (Fsp3) is 0.375. The molecule has 0 aromatic heterocycles. The van der Waals surface area contributed by atoms with Crippen LogP contribution in [0.3, 0.4) is 0 Å². The summed E-state index contributed by atoms with van der Waals surface area (Å²) in [5.74, 6) is 0. The second kappa shape index (κ2) is 15.2. The van der Waals surface area contributed by atoms with Crippen molar-refractivity contribution in [3.63, 3.8) is 0 Å². The van der Waals surface area contributed by atoms with E-state index in [1.165, 1.54) is 41.6 Å². The molecule has 0 spiro atoms. The maximum atomic E-state index is 6.80. The van der Waals surface area contributed by atoms with E-state index in [9.17, 15) is 0 Å². The SMILES string of the molecule is C=CCC(CC(CCCCC)[P+](c1ccccc1)(c1ccccc1)c1ccccc1)O[Si](C)(C)C.[I-]. The van der Waals surface area contributed by atoms with E-state index >= 15 is 0 Å². The first kappa shape index (κ1) is 31.0. The van der Waals surface area contributed by atoms with Gasteiger partial charge in [-0.15, -0.1) is 6.58 Å². The molecule has 0 aliphatic carbocycles. The van der Waals surface area contributed by atoms with Gasteiger partial charge in [0.1, 0.15) is 23.2 Å². The molecule has 0 N–H and O–H groups in total. The highest BCUT2D eigenvalue weighted by Crippen LogP contribution is 2.62. The van der Waals surface area contributed by atoms with Gasteiger partial charge >= 0.3 is 0 Å². The van der Waals surface area contributed by atoms with Crippen molar-refractivity contribution in [3.05, 3.63) is 104 Å². The first-order valence-corrected chi connectivity index (χ1v) is 18.5. The Labute approximate surface area is 239 Å². The third-order valence-electron chi connectivity index (χ3n) is 6.66. The summed E-state index contributed by atoms with van der Waals surface area (Å²) in [7, 11) is -3.64. The van der Waals surface area contributed by atoms with E-state index in [0.29, 0.717) is 5.66 Å². The molecule has 1 nitrogen and oxygen atoms in total. The topological polar surface area (TPSA) is 9.23 Å². The Morgan fingerprint density at radius 2 is 1.22 bits per heavy atom. The lowest BCUT2D eigenvalue weighted by Crippen LogP contribution is -3.00. The van der Waals surface area contributed by atoms with Crippen LogP contribution in [0.2, 0.25) is 19.6 Å². The average Bonchev–Trinajstić information content (AvgIpc) is 2.86. The predicted molar refractivity (Wildman–Crippen MR) is 161 cm³/mol. The Bertz CT molecular complexity index is 908. The third kappa shape index (κ3) is 8.12. The predicted octanol–water partition coefficient (Wildman–Crippen LogP) is 5.12. The third-order valence-corrected chi connectivity index (χ3v) is 12.6. The maximum absolute atomic E-state index is 6.80. The number of unbranched alkanes of at least 4 members (excludes halogenated alkanes) is 2. The van der Waals surface area contributed by atoms with Crippen LogP contribution in [0.1, 0.15) is 45.4 Å². The van der Waals surface area contributed by atoms with E-state index in [2.05, 4.69) is 130 Å². The molecule has 0 aliphatic heterocycles. The normalized spacial score (nSPS) is 13.4. The van der Waals surface area contributed by atoms with Gasteiger partial charge < -0.3 is 28.4 Å². The molecule has 0 amide bonds. The molecule has 4 heteroatoms. The lowest BCUT2D eigenvalue weighted by molar-refractivity contribution is -0.00000946. The molecule has 3 aromatic carbocycles. The van der Waals surface area contributed by atoms with Gasteiger partial charge in [0.05, 0.1) is 11.8 Å². The summed E-state index contributed by atoms with van der Waals surface area (Å²) < 4.78 is 6.80. The number of rotatable bonds is 14. The van der Waals surface area contributed by atoms with Crippen molar-refractivity contribution in [2.45, 2.75) is 76.9 Å². The Kier molecular flexibility index (Phi) is 13.1. The molecular weight excluding hydrogens is 586 g/mol. The van der Waals surface area contributed by atoms with Crippen LogP contribution in [0.15, 0.2) is 104 Å². The van der Waals surface area contributed by atoms with Gasteiger partial charge in [-0.05, 0) is 75.3 Å². The molecule has 0 bridgehead atoms. The summed E-state index contributed by atoms with van der Waals surface area (Å²) in [6.45, 7) is 13.3. The molecule has 3 rings (SSSR count). The molecular formula is C32H44IOPSi. The van der Waals surface area contributed by atoms with Crippen molar-refractivity contribution in [2.75, 3.05) is 0 Å². The van der Waals surface area contributed by atoms with Crippen molar-refractivity contribution in [2.24, 2.45) is 0 Å². The largest absolute Gasteiger partial charge is 1.00 e. The summed E-state index contributed by atoms with van der Waals surface area (Å²) in [5, 5.41) is 4.43. The number of hydrogen-bond acceptors (Lipinski definition) is 1. The Morgan fingerprint density at radius 1 is 0.778 bits per heavy atom. The lowest BCUT2D eigenvalue weighted by atomic mass is 10.1.